The van der Waals surface area contributed by atoms with Crippen LogP contribution in [0.15, 0.2) is 41.5 Å². The molecule has 27 heavy (non-hydrogen) atoms. The fraction of sp³-hybridized carbons (Fsp3) is 0.368. The van der Waals surface area contributed by atoms with E-state index in [2.05, 4.69) is 15.0 Å². The van der Waals surface area contributed by atoms with Crippen LogP contribution < -0.4 is 10.5 Å². The average molecular weight is 371 g/mol. The van der Waals surface area contributed by atoms with Crippen molar-refractivity contribution in [3.63, 3.8) is 0 Å². The number of rotatable bonds is 4. The molecule has 1 aromatic carbocycles. The molecule has 0 aliphatic carbocycles. The lowest BCUT2D eigenvalue weighted by Gasteiger charge is -2.28. The Balaban J connectivity index is 1.89. The largest absolute Gasteiger partial charge is 0.345 e. The predicted molar refractivity (Wildman–Crippen MR) is 98.1 cm³/mol. The Morgan fingerprint density at radius 1 is 1.22 bits per heavy atom. The van der Waals surface area contributed by atoms with E-state index in [0.29, 0.717) is 35.5 Å². The normalized spacial score (nSPS) is 17.2. The summed E-state index contributed by atoms with van der Waals surface area (Å²) in [5.41, 5.74) is 0.845. The van der Waals surface area contributed by atoms with Crippen molar-refractivity contribution in [2.24, 2.45) is 0 Å². The summed E-state index contributed by atoms with van der Waals surface area (Å²) in [6.07, 6.45) is 2.16. The molecule has 0 N–H and O–H groups in total. The minimum Gasteiger partial charge on any atom is -0.345 e. The van der Waals surface area contributed by atoms with Gasteiger partial charge in [-0.1, -0.05) is 12.1 Å². The van der Waals surface area contributed by atoms with Crippen LogP contribution in [-0.2, 0) is 6.54 Å². The van der Waals surface area contributed by atoms with E-state index >= 15 is 0 Å². The monoisotopic (exact) mass is 371 g/mol. The summed E-state index contributed by atoms with van der Waals surface area (Å²) in [5, 5.41) is 0.349. The Morgan fingerprint density at radius 2 is 2.00 bits per heavy atom. The van der Waals surface area contributed by atoms with Gasteiger partial charge in [-0.3, -0.25) is 14.3 Å². The fourth-order valence-electron chi connectivity index (χ4n) is 3.72. The molecule has 140 valence electrons. The number of para-hydroxylation sites is 1. The number of benzene rings is 1. The summed E-state index contributed by atoms with van der Waals surface area (Å²) in [6, 6.07) is 6.56. The zero-order valence-corrected chi connectivity index (χ0v) is 14.8. The van der Waals surface area contributed by atoms with Crippen LogP contribution in [0.4, 0.5) is 14.6 Å². The quantitative estimate of drug-likeness (QED) is 0.705. The van der Waals surface area contributed by atoms with Crippen molar-refractivity contribution in [3.05, 3.63) is 58.5 Å². The first-order chi connectivity index (χ1) is 13.1. The maximum atomic E-state index is 13.2. The zero-order valence-electron chi connectivity index (χ0n) is 14.8. The van der Waals surface area contributed by atoms with Gasteiger partial charge in [0.05, 0.1) is 29.2 Å². The van der Waals surface area contributed by atoms with E-state index in [9.17, 15) is 13.6 Å². The van der Waals surface area contributed by atoms with Crippen molar-refractivity contribution < 1.29 is 8.78 Å². The second kappa shape index (κ2) is 7.02. The lowest BCUT2D eigenvalue weighted by atomic mass is 10.1. The number of alkyl halides is 2. The van der Waals surface area contributed by atoms with Crippen molar-refractivity contribution >= 4 is 16.7 Å². The number of hydrogen-bond donors (Lipinski definition) is 0. The highest BCUT2D eigenvalue weighted by atomic mass is 19.3. The standard InChI is InChI=1S/C19H19F2N5O/c1-12-17(23-9-8-22-12)25-10-4-7-15(25)18-24-14-6-3-2-5-13(14)19(27)26(18)11-16(20)21/h2-3,5-6,8-9,15-16H,4,7,10-11H2,1H3. The Labute approximate surface area is 154 Å². The summed E-state index contributed by atoms with van der Waals surface area (Å²) in [6.45, 7) is 1.90. The number of nitrogens with zero attached hydrogens (tertiary/aromatic N) is 5. The van der Waals surface area contributed by atoms with Crippen LogP contribution in [0.2, 0.25) is 0 Å². The molecule has 6 nitrogen and oxygen atoms in total. The van der Waals surface area contributed by atoms with Crippen LogP contribution in [0.3, 0.4) is 0 Å². The molecule has 0 amide bonds. The lowest BCUT2D eigenvalue weighted by molar-refractivity contribution is 0.123. The third-order valence-corrected chi connectivity index (χ3v) is 4.89. The molecule has 1 aliphatic rings. The maximum Gasteiger partial charge on any atom is 0.261 e. The molecule has 0 saturated carbocycles. The van der Waals surface area contributed by atoms with Crippen LogP contribution in [0, 0.1) is 6.92 Å². The van der Waals surface area contributed by atoms with E-state index in [1.54, 1.807) is 36.7 Å². The van der Waals surface area contributed by atoms with E-state index in [-0.39, 0.29) is 6.04 Å². The SMILES string of the molecule is Cc1nccnc1N1CCCC1c1nc2ccccc2c(=O)n1CC(F)F. The Kier molecular flexibility index (Phi) is 4.55. The first-order valence-corrected chi connectivity index (χ1v) is 8.88. The fourth-order valence-corrected chi connectivity index (χ4v) is 3.72. The molecule has 2 aromatic heterocycles. The van der Waals surface area contributed by atoms with Crippen molar-refractivity contribution in [1.82, 2.24) is 19.5 Å². The molecule has 3 heterocycles. The van der Waals surface area contributed by atoms with Crippen LogP contribution in [0.25, 0.3) is 10.9 Å². The van der Waals surface area contributed by atoms with Crippen molar-refractivity contribution in [1.29, 1.82) is 0 Å². The molecule has 0 spiro atoms. The van der Waals surface area contributed by atoms with Gasteiger partial charge in [-0.15, -0.1) is 0 Å². The lowest BCUT2D eigenvalue weighted by Crippen LogP contribution is -2.34. The minimum atomic E-state index is -2.64. The van der Waals surface area contributed by atoms with Gasteiger partial charge in [0.1, 0.15) is 5.82 Å². The molecule has 0 bridgehead atoms. The number of halogens is 2. The maximum absolute atomic E-state index is 13.2. The molecule has 1 atom stereocenters. The van der Waals surface area contributed by atoms with E-state index in [1.807, 2.05) is 11.8 Å². The Morgan fingerprint density at radius 3 is 2.78 bits per heavy atom. The molecule has 3 aromatic rings. The van der Waals surface area contributed by atoms with Gasteiger partial charge in [-0.05, 0) is 31.9 Å². The van der Waals surface area contributed by atoms with Gasteiger partial charge in [0.15, 0.2) is 5.82 Å². The first kappa shape index (κ1) is 17.5. The van der Waals surface area contributed by atoms with E-state index in [1.165, 1.54) is 0 Å². The molecular weight excluding hydrogens is 352 g/mol. The Hall–Kier alpha value is -2.90. The van der Waals surface area contributed by atoms with Crippen molar-refractivity contribution in [2.45, 2.75) is 38.8 Å². The van der Waals surface area contributed by atoms with Gasteiger partial charge < -0.3 is 4.90 Å². The number of hydrogen-bond acceptors (Lipinski definition) is 5. The second-order valence-electron chi connectivity index (χ2n) is 6.61. The summed E-state index contributed by atoms with van der Waals surface area (Å²) in [7, 11) is 0. The predicted octanol–water partition coefficient (Wildman–Crippen LogP) is 3.10. The second-order valence-corrected chi connectivity index (χ2v) is 6.61. The summed E-state index contributed by atoms with van der Waals surface area (Å²) < 4.78 is 27.6. The van der Waals surface area contributed by atoms with E-state index in [4.69, 9.17) is 0 Å². The van der Waals surface area contributed by atoms with Crippen LogP contribution in [-0.4, -0.2) is 32.5 Å². The Bertz CT molecular complexity index is 1040. The first-order valence-electron chi connectivity index (χ1n) is 8.88. The molecule has 8 heteroatoms. The minimum absolute atomic E-state index is 0.295. The van der Waals surface area contributed by atoms with Crippen LogP contribution >= 0.6 is 0 Å². The highest BCUT2D eigenvalue weighted by Crippen LogP contribution is 2.35. The van der Waals surface area contributed by atoms with Crippen LogP contribution in [0.1, 0.15) is 30.4 Å². The molecule has 1 saturated heterocycles. The zero-order chi connectivity index (χ0) is 19.0. The van der Waals surface area contributed by atoms with Gasteiger partial charge in [0, 0.05) is 18.9 Å². The van der Waals surface area contributed by atoms with E-state index in [0.717, 1.165) is 16.7 Å². The molecule has 1 aliphatic heterocycles. The molecule has 1 fully saturated rings. The van der Waals surface area contributed by atoms with Gasteiger partial charge in [-0.2, -0.15) is 0 Å². The molecule has 1 unspecified atom stereocenters. The third kappa shape index (κ3) is 3.15. The molecule has 4 rings (SSSR count). The van der Waals surface area contributed by atoms with Crippen molar-refractivity contribution in [2.75, 3.05) is 11.4 Å². The van der Waals surface area contributed by atoms with Gasteiger partial charge >= 0.3 is 0 Å². The number of aryl methyl sites for hydroxylation is 1. The van der Waals surface area contributed by atoms with Gasteiger partial charge in [0.2, 0.25) is 0 Å². The van der Waals surface area contributed by atoms with Crippen LogP contribution in [0.5, 0.6) is 0 Å². The smallest absolute Gasteiger partial charge is 0.261 e. The number of fused-ring (bicyclic) bond motifs is 1. The van der Waals surface area contributed by atoms with Gasteiger partial charge in [0.25, 0.3) is 12.0 Å². The average Bonchev–Trinajstić information content (AvgIpc) is 3.13. The van der Waals surface area contributed by atoms with E-state index < -0.39 is 18.5 Å². The highest BCUT2D eigenvalue weighted by molar-refractivity contribution is 5.77. The van der Waals surface area contributed by atoms with Crippen molar-refractivity contribution in [3.8, 4) is 0 Å². The number of anilines is 1. The summed E-state index contributed by atoms with van der Waals surface area (Å²) >= 11 is 0. The molecule has 0 radical (unpaired) electrons. The van der Waals surface area contributed by atoms with Gasteiger partial charge in [-0.25, -0.2) is 18.7 Å². The topological polar surface area (TPSA) is 63.9 Å². The number of aromatic nitrogens is 4. The molecular formula is C19H19F2N5O. The summed E-state index contributed by atoms with van der Waals surface area (Å²) in [4.78, 5) is 28.2. The highest BCUT2D eigenvalue weighted by Gasteiger charge is 2.32. The summed E-state index contributed by atoms with van der Waals surface area (Å²) in [5.74, 6) is 1.06. The third-order valence-electron chi connectivity index (χ3n) is 4.89.